The van der Waals surface area contributed by atoms with Crippen molar-refractivity contribution in [2.24, 2.45) is 7.05 Å². The Morgan fingerprint density at radius 2 is 2.15 bits per heavy atom. The van der Waals surface area contributed by atoms with E-state index in [2.05, 4.69) is 4.98 Å². The molecule has 72 valence electrons. The summed E-state index contributed by atoms with van der Waals surface area (Å²) >= 11 is 0. The van der Waals surface area contributed by atoms with E-state index in [1.165, 1.54) is 0 Å². The fourth-order valence-corrected chi connectivity index (χ4v) is 0.886. The van der Waals surface area contributed by atoms with Gasteiger partial charge in [0.25, 0.3) is 0 Å². The van der Waals surface area contributed by atoms with Crippen molar-refractivity contribution in [3.8, 4) is 0 Å². The Bertz CT molecular complexity index is 310. The van der Waals surface area contributed by atoms with Crippen molar-refractivity contribution >= 4 is 5.97 Å². The zero-order valence-electron chi connectivity index (χ0n) is 8.37. The molecule has 0 aliphatic rings. The van der Waals surface area contributed by atoms with Crippen molar-refractivity contribution in [1.29, 1.82) is 0 Å². The van der Waals surface area contributed by atoms with Crippen LogP contribution in [0.1, 0.15) is 31.4 Å². The van der Waals surface area contributed by atoms with Gasteiger partial charge in [0.05, 0.1) is 0 Å². The molecule has 0 atom stereocenters. The van der Waals surface area contributed by atoms with Gasteiger partial charge >= 0.3 is 5.97 Å². The van der Waals surface area contributed by atoms with Gasteiger partial charge in [0, 0.05) is 19.4 Å². The molecule has 0 saturated heterocycles. The molecule has 1 heterocycles. The van der Waals surface area contributed by atoms with E-state index in [1.54, 1.807) is 24.0 Å². The minimum absolute atomic E-state index is 0.329. The van der Waals surface area contributed by atoms with Crippen molar-refractivity contribution in [1.82, 2.24) is 9.55 Å². The van der Waals surface area contributed by atoms with Gasteiger partial charge in [-0.25, -0.2) is 9.78 Å². The van der Waals surface area contributed by atoms with Crippen molar-refractivity contribution in [2.45, 2.75) is 26.4 Å². The summed E-state index contributed by atoms with van der Waals surface area (Å²) in [5.74, 6) is -0.0603. The second kappa shape index (κ2) is 3.20. The van der Waals surface area contributed by atoms with Gasteiger partial charge in [0.1, 0.15) is 5.60 Å². The van der Waals surface area contributed by atoms with E-state index < -0.39 is 5.60 Å². The number of esters is 1. The Morgan fingerprint density at radius 3 is 2.54 bits per heavy atom. The highest BCUT2D eigenvalue weighted by atomic mass is 16.6. The summed E-state index contributed by atoms with van der Waals surface area (Å²) in [4.78, 5) is 15.3. The van der Waals surface area contributed by atoms with Crippen LogP contribution in [-0.2, 0) is 11.8 Å². The Morgan fingerprint density at radius 1 is 1.54 bits per heavy atom. The molecule has 0 saturated carbocycles. The highest BCUT2D eigenvalue weighted by Gasteiger charge is 2.20. The molecule has 1 aromatic rings. The molecule has 0 spiro atoms. The van der Waals surface area contributed by atoms with Crippen LogP contribution in [0, 0.1) is 0 Å². The molecule has 0 amide bonds. The fourth-order valence-electron chi connectivity index (χ4n) is 0.886. The number of hydrogen-bond donors (Lipinski definition) is 0. The fraction of sp³-hybridized carbons (Fsp3) is 0.556. The highest BCUT2D eigenvalue weighted by Crippen LogP contribution is 2.10. The third-order valence-electron chi connectivity index (χ3n) is 1.40. The minimum atomic E-state index is -0.469. The molecule has 4 heteroatoms. The zero-order valence-corrected chi connectivity index (χ0v) is 8.37. The molecule has 0 aromatic carbocycles. The smallest absolute Gasteiger partial charge is 0.375 e. The van der Waals surface area contributed by atoms with Gasteiger partial charge in [0.2, 0.25) is 5.82 Å². The Kier molecular flexibility index (Phi) is 2.40. The zero-order chi connectivity index (χ0) is 10.1. The molecule has 0 radical (unpaired) electrons. The van der Waals surface area contributed by atoms with Crippen LogP contribution in [0.15, 0.2) is 12.4 Å². The van der Waals surface area contributed by atoms with E-state index in [1.807, 2.05) is 20.8 Å². The molecule has 0 aliphatic carbocycles. The van der Waals surface area contributed by atoms with Gasteiger partial charge in [-0.15, -0.1) is 0 Å². The van der Waals surface area contributed by atoms with E-state index in [0.717, 1.165) is 0 Å². The van der Waals surface area contributed by atoms with Crippen molar-refractivity contribution in [2.75, 3.05) is 0 Å². The van der Waals surface area contributed by atoms with Crippen LogP contribution >= 0.6 is 0 Å². The molecule has 4 nitrogen and oxygen atoms in total. The van der Waals surface area contributed by atoms with Crippen molar-refractivity contribution in [3.05, 3.63) is 18.2 Å². The predicted molar refractivity (Wildman–Crippen MR) is 48.4 cm³/mol. The molecular weight excluding hydrogens is 168 g/mol. The summed E-state index contributed by atoms with van der Waals surface area (Å²) in [5.41, 5.74) is -0.469. The van der Waals surface area contributed by atoms with Crippen LogP contribution in [-0.4, -0.2) is 21.1 Å². The maximum Gasteiger partial charge on any atom is 0.375 e. The van der Waals surface area contributed by atoms with Gasteiger partial charge in [0.15, 0.2) is 0 Å². The number of hydrogen-bond acceptors (Lipinski definition) is 3. The van der Waals surface area contributed by atoms with Gasteiger partial charge < -0.3 is 9.30 Å². The van der Waals surface area contributed by atoms with Crippen molar-refractivity contribution < 1.29 is 9.53 Å². The monoisotopic (exact) mass is 182 g/mol. The maximum atomic E-state index is 11.4. The molecule has 0 aliphatic heterocycles. The first-order valence-corrected chi connectivity index (χ1v) is 4.11. The third kappa shape index (κ3) is 2.57. The van der Waals surface area contributed by atoms with Crippen LogP contribution < -0.4 is 0 Å². The molecule has 0 N–H and O–H groups in total. The lowest BCUT2D eigenvalue weighted by Crippen LogP contribution is -2.25. The summed E-state index contributed by atoms with van der Waals surface area (Å²) in [6.07, 6.45) is 3.28. The molecule has 1 aromatic heterocycles. The van der Waals surface area contributed by atoms with Crippen LogP contribution in [0.2, 0.25) is 0 Å². The van der Waals surface area contributed by atoms with Crippen molar-refractivity contribution in [3.63, 3.8) is 0 Å². The Labute approximate surface area is 77.5 Å². The summed E-state index contributed by atoms with van der Waals surface area (Å²) in [5, 5.41) is 0. The second-order valence-corrected chi connectivity index (χ2v) is 3.86. The lowest BCUT2D eigenvalue weighted by Gasteiger charge is -2.18. The lowest BCUT2D eigenvalue weighted by molar-refractivity contribution is 0.00520. The normalized spacial score (nSPS) is 11.4. The number of carbonyl (C=O) groups excluding carboxylic acids is 1. The molecule has 0 unspecified atom stereocenters. The van der Waals surface area contributed by atoms with Gasteiger partial charge in [-0.2, -0.15) is 0 Å². The third-order valence-corrected chi connectivity index (χ3v) is 1.40. The average Bonchev–Trinajstić information content (AvgIpc) is 2.30. The average molecular weight is 182 g/mol. The number of aromatic nitrogens is 2. The molecule has 0 fully saturated rings. The SMILES string of the molecule is Cn1ccnc1C(=O)OC(C)(C)C. The number of ether oxygens (including phenoxy) is 1. The number of nitrogens with zero attached hydrogens (tertiary/aromatic N) is 2. The predicted octanol–water partition coefficient (Wildman–Crippen LogP) is 1.38. The summed E-state index contributed by atoms with van der Waals surface area (Å²) in [6, 6.07) is 0. The van der Waals surface area contributed by atoms with E-state index in [-0.39, 0.29) is 5.97 Å². The summed E-state index contributed by atoms with van der Waals surface area (Å²) in [7, 11) is 1.76. The standard InChI is InChI=1S/C9H14N2O2/c1-9(2,3)13-8(12)7-10-5-6-11(7)4/h5-6H,1-4H3. The lowest BCUT2D eigenvalue weighted by atomic mass is 10.2. The number of rotatable bonds is 1. The van der Waals surface area contributed by atoms with E-state index >= 15 is 0 Å². The van der Waals surface area contributed by atoms with Gasteiger partial charge in [-0.3, -0.25) is 0 Å². The van der Waals surface area contributed by atoms with Crippen LogP contribution in [0.25, 0.3) is 0 Å². The number of carbonyl (C=O) groups is 1. The number of aryl methyl sites for hydroxylation is 1. The summed E-state index contributed by atoms with van der Waals surface area (Å²) in [6.45, 7) is 5.48. The highest BCUT2D eigenvalue weighted by molar-refractivity contribution is 5.85. The molecule has 13 heavy (non-hydrogen) atoms. The molecule has 1 rings (SSSR count). The largest absolute Gasteiger partial charge is 0.454 e. The van der Waals surface area contributed by atoms with Crippen LogP contribution in [0.3, 0.4) is 0 Å². The first-order chi connectivity index (χ1) is 5.90. The Hall–Kier alpha value is -1.32. The van der Waals surface area contributed by atoms with Crippen LogP contribution in [0.5, 0.6) is 0 Å². The first-order valence-electron chi connectivity index (χ1n) is 4.11. The van der Waals surface area contributed by atoms with E-state index in [9.17, 15) is 4.79 Å². The van der Waals surface area contributed by atoms with Gasteiger partial charge in [-0.1, -0.05) is 0 Å². The van der Waals surface area contributed by atoms with Crippen LogP contribution in [0.4, 0.5) is 0 Å². The van der Waals surface area contributed by atoms with E-state index in [0.29, 0.717) is 5.82 Å². The Balaban J connectivity index is 2.76. The second-order valence-electron chi connectivity index (χ2n) is 3.86. The topological polar surface area (TPSA) is 44.1 Å². The minimum Gasteiger partial charge on any atom is -0.454 e. The first kappa shape index (κ1) is 9.77. The molecular formula is C9H14N2O2. The number of imidazole rings is 1. The summed E-state index contributed by atoms with van der Waals surface area (Å²) < 4.78 is 6.77. The molecule has 0 bridgehead atoms. The van der Waals surface area contributed by atoms with E-state index in [4.69, 9.17) is 4.74 Å². The quantitative estimate of drug-likeness (QED) is 0.616. The van der Waals surface area contributed by atoms with Gasteiger partial charge in [-0.05, 0) is 20.8 Å². The maximum absolute atomic E-state index is 11.4.